The van der Waals surface area contributed by atoms with Gasteiger partial charge in [0.15, 0.2) is 0 Å². The summed E-state index contributed by atoms with van der Waals surface area (Å²) in [7, 11) is 0. The lowest BCUT2D eigenvalue weighted by atomic mass is 9.93. The summed E-state index contributed by atoms with van der Waals surface area (Å²) in [5, 5.41) is 23.2. The number of nitrogens with one attached hydrogen (secondary N) is 1. The Morgan fingerprint density at radius 1 is 0.981 bits per heavy atom. The fourth-order valence-corrected chi connectivity index (χ4v) is 8.25. The van der Waals surface area contributed by atoms with Gasteiger partial charge in [0.05, 0.1) is 23.3 Å². The minimum absolute atomic E-state index is 0.153. The summed E-state index contributed by atoms with van der Waals surface area (Å²) in [5.41, 5.74) is 8.07. The zero-order valence-electron chi connectivity index (χ0n) is 31.0. The SMILES string of the molecule is Cc1c(OCCCN2CCC(O)CC2)cccc1-c1cccc2c1CC[C@@H]2Oc1cc(OCc2cncc(C#N)c2)c(CNC[C@@H]2CCC(=O)C2)cc1Cl. The lowest BCUT2D eigenvalue weighted by Gasteiger charge is -2.29. The van der Waals surface area contributed by atoms with Gasteiger partial charge >= 0.3 is 0 Å². The number of nitriles is 1. The molecule has 2 heterocycles. The van der Waals surface area contributed by atoms with Crippen LogP contribution in [0.5, 0.6) is 17.2 Å². The van der Waals surface area contributed by atoms with Crippen molar-refractivity contribution >= 4 is 17.4 Å². The molecule has 0 spiro atoms. The number of ether oxygens (including phenoxy) is 3. The van der Waals surface area contributed by atoms with Crippen molar-refractivity contribution in [1.29, 1.82) is 5.26 Å². The van der Waals surface area contributed by atoms with Gasteiger partial charge in [-0.3, -0.25) is 9.78 Å². The molecule has 54 heavy (non-hydrogen) atoms. The fraction of sp³-hybridized carbons (Fsp3) is 0.432. The molecule has 3 aromatic carbocycles. The number of aromatic nitrogens is 1. The van der Waals surface area contributed by atoms with Crippen LogP contribution in [-0.2, 0) is 24.4 Å². The molecule has 282 valence electrons. The van der Waals surface area contributed by atoms with Gasteiger partial charge in [0.25, 0.3) is 0 Å². The summed E-state index contributed by atoms with van der Waals surface area (Å²) in [6.45, 7) is 7.17. The van der Waals surface area contributed by atoms with Gasteiger partial charge in [0.2, 0.25) is 0 Å². The van der Waals surface area contributed by atoms with E-state index in [1.54, 1.807) is 12.3 Å². The molecule has 1 saturated carbocycles. The molecule has 1 aliphatic heterocycles. The topological polar surface area (TPSA) is 117 Å². The van der Waals surface area contributed by atoms with Crippen molar-refractivity contribution in [3.05, 3.63) is 105 Å². The van der Waals surface area contributed by atoms with Gasteiger partial charge in [-0.05, 0) is 104 Å². The predicted octanol–water partition coefficient (Wildman–Crippen LogP) is 7.91. The number of carbonyl (C=O) groups excluding carboxylic acids is 1. The molecule has 2 N–H and O–H groups in total. The summed E-state index contributed by atoms with van der Waals surface area (Å²) >= 11 is 6.93. The van der Waals surface area contributed by atoms with Crippen LogP contribution >= 0.6 is 11.6 Å². The summed E-state index contributed by atoms with van der Waals surface area (Å²) in [5.74, 6) is 2.78. The first kappa shape index (κ1) is 37.8. The predicted molar refractivity (Wildman–Crippen MR) is 209 cm³/mol. The highest BCUT2D eigenvalue weighted by Crippen LogP contribution is 2.44. The number of benzene rings is 3. The van der Waals surface area contributed by atoms with Crippen molar-refractivity contribution < 1.29 is 24.1 Å². The molecule has 1 saturated heterocycles. The maximum atomic E-state index is 11.8. The van der Waals surface area contributed by atoms with E-state index in [4.69, 9.17) is 25.8 Å². The Balaban J connectivity index is 1.05. The quantitative estimate of drug-likeness (QED) is 0.117. The van der Waals surface area contributed by atoms with Crippen LogP contribution in [0.4, 0.5) is 0 Å². The largest absolute Gasteiger partial charge is 0.493 e. The fourth-order valence-electron chi connectivity index (χ4n) is 8.02. The lowest BCUT2D eigenvalue weighted by Crippen LogP contribution is -2.36. The maximum absolute atomic E-state index is 11.8. The highest BCUT2D eigenvalue weighted by atomic mass is 35.5. The Kier molecular flexibility index (Phi) is 12.5. The molecule has 2 atom stereocenters. The number of likely N-dealkylation sites (tertiary alicyclic amines) is 1. The number of Topliss-reactive ketones (excluding diaryl/α,β-unsaturated/α-hetero) is 1. The number of rotatable bonds is 15. The van der Waals surface area contributed by atoms with E-state index >= 15 is 0 Å². The van der Waals surface area contributed by atoms with Gasteiger partial charge < -0.3 is 29.5 Å². The molecule has 1 aromatic heterocycles. The lowest BCUT2D eigenvalue weighted by molar-refractivity contribution is -0.117. The van der Waals surface area contributed by atoms with Crippen LogP contribution in [0.3, 0.4) is 0 Å². The van der Waals surface area contributed by atoms with Crippen molar-refractivity contribution in [1.82, 2.24) is 15.2 Å². The van der Waals surface area contributed by atoms with Gasteiger partial charge in [-0.2, -0.15) is 5.26 Å². The second-order valence-electron chi connectivity index (χ2n) is 14.9. The standard InChI is InChI=1S/C44H49ClN4O5/c1-29-36(5-3-8-41(29)52-18-4-15-49-16-13-34(50)14-17-49)37-6-2-7-39-38(37)11-12-42(39)54-44-22-43(53-28-32-19-31(23-46)25-47-26-32)33(21-40(44)45)27-48-24-30-9-10-35(51)20-30/h2-3,5-8,19,21-22,25-26,30,34,42,48,50H,4,9-18,20,24,27-28H2,1H3/t30-,42+/m1/s1. The van der Waals surface area contributed by atoms with Crippen LogP contribution in [0.2, 0.25) is 5.02 Å². The highest BCUT2D eigenvalue weighted by molar-refractivity contribution is 6.32. The molecule has 2 aliphatic carbocycles. The number of aliphatic hydroxyl groups excluding tert-OH is 1. The third-order valence-corrected chi connectivity index (χ3v) is 11.3. The average Bonchev–Trinajstić information content (AvgIpc) is 3.80. The van der Waals surface area contributed by atoms with Crippen molar-refractivity contribution in [2.75, 3.05) is 32.8 Å². The normalized spacial score (nSPS) is 18.7. The molecule has 9 nitrogen and oxygen atoms in total. The van der Waals surface area contributed by atoms with Gasteiger partial charge in [-0.1, -0.05) is 41.9 Å². The zero-order valence-corrected chi connectivity index (χ0v) is 31.7. The molecule has 4 aromatic rings. The number of nitrogens with zero attached hydrogens (tertiary/aromatic N) is 3. The first-order valence-electron chi connectivity index (χ1n) is 19.3. The molecule has 7 rings (SSSR count). The van der Waals surface area contributed by atoms with Crippen LogP contribution in [0.15, 0.2) is 67.0 Å². The molecule has 0 radical (unpaired) electrons. The first-order valence-corrected chi connectivity index (χ1v) is 19.7. The van der Waals surface area contributed by atoms with Gasteiger partial charge in [-0.15, -0.1) is 0 Å². The minimum atomic E-state index is -0.179. The summed E-state index contributed by atoms with van der Waals surface area (Å²) in [6, 6.07) is 20.4. The van der Waals surface area contributed by atoms with Crippen molar-refractivity contribution in [2.24, 2.45) is 5.92 Å². The van der Waals surface area contributed by atoms with E-state index in [9.17, 15) is 15.2 Å². The highest BCUT2D eigenvalue weighted by Gasteiger charge is 2.29. The zero-order chi connectivity index (χ0) is 37.4. The Morgan fingerprint density at radius 2 is 1.81 bits per heavy atom. The monoisotopic (exact) mass is 748 g/mol. The summed E-state index contributed by atoms with van der Waals surface area (Å²) < 4.78 is 19.4. The summed E-state index contributed by atoms with van der Waals surface area (Å²) in [4.78, 5) is 18.4. The Labute approximate surface area is 323 Å². The minimum Gasteiger partial charge on any atom is -0.493 e. The molecule has 0 unspecified atom stereocenters. The summed E-state index contributed by atoms with van der Waals surface area (Å²) in [6.07, 6.45) is 9.45. The van der Waals surface area contributed by atoms with Crippen LogP contribution in [0, 0.1) is 24.2 Å². The van der Waals surface area contributed by atoms with Crippen LogP contribution in [-0.4, -0.2) is 59.7 Å². The van der Waals surface area contributed by atoms with Gasteiger partial charge in [0.1, 0.15) is 41.8 Å². The molecule has 0 amide bonds. The Morgan fingerprint density at radius 3 is 2.63 bits per heavy atom. The average molecular weight is 749 g/mol. The number of hydrogen-bond donors (Lipinski definition) is 2. The number of halogens is 1. The molecular weight excluding hydrogens is 700 g/mol. The van der Waals surface area contributed by atoms with Crippen LogP contribution in [0.1, 0.15) is 84.4 Å². The first-order chi connectivity index (χ1) is 26.3. The Bertz CT molecular complexity index is 1990. The van der Waals surface area contributed by atoms with E-state index in [0.717, 1.165) is 98.3 Å². The second-order valence-corrected chi connectivity index (χ2v) is 15.3. The molecule has 0 bridgehead atoms. The number of carbonyl (C=O) groups is 1. The van der Waals surface area contributed by atoms with Gasteiger partial charge in [-0.25, -0.2) is 0 Å². The molecule has 3 aliphatic rings. The molecule has 2 fully saturated rings. The van der Waals surface area contributed by atoms with Crippen LogP contribution in [0.25, 0.3) is 11.1 Å². The Hall–Kier alpha value is -4.46. The van der Waals surface area contributed by atoms with E-state index in [0.29, 0.717) is 59.8 Å². The van der Waals surface area contributed by atoms with E-state index in [-0.39, 0.29) is 18.8 Å². The smallest absolute Gasteiger partial charge is 0.142 e. The van der Waals surface area contributed by atoms with Crippen molar-refractivity contribution in [2.45, 2.75) is 83.6 Å². The van der Waals surface area contributed by atoms with Crippen molar-refractivity contribution in [3.8, 4) is 34.4 Å². The third kappa shape index (κ3) is 9.24. The third-order valence-electron chi connectivity index (χ3n) is 11.0. The number of aliphatic hydroxyl groups is 1. The number of piperidine rings is 1. The molecular formula is C44H49ClN4O5. The van der Waals surface area contributed by atoms with E-state index in [2.05, 4.69) is 64.6 Å². The van der Waals surface area contributed by atoms with Crippen LogP contribution < -0.4 is 19.5 Å². The number of hydrogen-bond acceptors (Lipinski definition) is 9. The number of pyridine rings is 1. The van der Waals surface area contributed by atoms with E-state index in [1.165, 1.54) is 17.3 Å². The van der Waals surface area contributed by atoms with Crippen molar-refractivity contribution in [3.63, 3.8) is 0 Å². The maximum Gasteiger partial charge on any atom is 0.142 e. The second kappa shape index (κ2) is 17.8. The van der Waals surface area contributed by atoms with E-state index in [1.807, 2.05) is 12.1 Å². The van der Waals surface area contributed by atoms with E-state index < -0.39 is 0 Å². The number of ketones is 1. The van der Waals surface area contributed by atoms with Gasteiger partial charge in [0, 0.05) is 68.6 Å². The number of fused-ring (bicyclic) bond motifs is 1. The molecule has 10 heteroatoms.